The third-order valence-electron chi connectivity index (χ3n) is 2.06. The summed E-state index contributed by atoms with van der Waals surface area (Å²) < 4.78 is 49.3. The van der Waals surface area contributed by atoms with Gasteiger partial charge in [0.05, 0.1) is 6.54 Å². The standard InChI is InChI=1S/C9H13F4N5/c1-2-5-16-6(3-7(17-5)18-14)15-4-9(12,13)8(10)11/h3,8H,2,4,14H2,1H3,(H2,15,16,17,18). The van der Waals surface area contributed by atoms with E-state index in [9.17, 15) is 17.6 Å². The molecule has 1 aromatic rings. The van der Waals surface area contributed by atoms with Crippen molar-refractivity contribution in [1.82, 2.24) is 9.97 Å². The highest BCUT2D eigenvalue weighted by Gasteiger charge is 2.40. The van der Waals surface area contributed by atoms with Gasteiger partial charge in [-0.1, -0.05) is 6.92 Å². The number of aryl methyl sites for hydroxylation is 1. The topological polar surface area (TPSA) is 75.9 Å². The first-order chi connectivity index (χ1) is 8.39. The molecule has 0 spiro atoms. The molecule has 1 aromatic heterocycles. The van der Waals surface area contributed by atoms with E-state index in [-0.39, 0.29) is 11.6 Å². The minimum absolute atomic E-state index is 0.00938. The van der Waals surface area contributed by atoms with Crippen LogP contribution in [0.2, 0.25) is 0 Å². The van der Waals surface area contributed by atoms with Crippen molar-refractivity contribution in [3.63, 3.8) is 0 Å². The molecule has 0 aliphatic carbocycles. The molecular formula is C9H13F4N5. The number of nitrogens with zero attached hydrogens (tertiary/aromatic N) is 2. The zero-order valence-electron chi connectivity index (χ0n) is 9.55. The Morgan fingerprint density at radius 2 is 1.94 bits per heavy atom. The third kappa shape index (κ3) is 3.69. The summed E-state index contributed by atoms with van der Waals surface area (Å²) in [6.45, 7) is 0.544. The van der Waals surface area contributed by atoms with Gasteiger partial charge in [-0.3, -0.25) is 0 Å². The molecular weight excluding hydrogens is 254 g/mol. The molecule has 0 bridgehead atoms. The van der Waals surface area contributed by atoms with Crippen molar-refractivity contribution >= 4 is 11.6 Å². The van der Waals surface area contributed by atoms with E-state index in [4.69, 9.17) is 5.84 Å². The van der Waals surface area contributed by atoms with Gasteiger partial charge in [-0.25, -0.2) is 24.6 Å². The Kier molecular flexibility index (Phi) is 4.65. The maximum absolute atomic E-state index is 12.7. The first kappa shape index (κ1) is 14.4. The molecule has 1 rings (SSSR count). The number of nitrogens with two attached hydrogens (primary N) is 1. The molecule has 4 N–H and O–H groups in total. The fourth-order valence-electron chi connectivity index (χ4n) is 1.11. The summed E-state index contributed by atoms with van der Waals surface area (Å²) in [5.74, 6) is 1.60. The van der Waals surface area contributed by atoms with Crippen molar-refractivity contribution < 1.29 is 17.6 Å². The fourth-order valence-corrected chi connectivity index (χ4v) is 1.11. The van der Waals surface area contributed by atoms with Gasteiger partial charge in [0.15, 0.2) is 0 Å². The van der Waals surface area contributed by atoms with E-state index in [0.717, 1.165) is 0 Å². The van der Waals surface area contributed by atoms with Gasteiger partial charge in [-0.05, 0) is 0 Å². The molecule has 0 aliphatic heterocycles. The Morgan fingerprint density at radius 1 is 1.33 bits per heavy atom. The van der Waals surface area contributed by atoms with E-state index in [1.54, 1.807) is 6.92 Å². The molecule has 5 nitrogen and oxygen atoms in total. The predicted molar refractivity (Wildman–Crippen MR) is 58.7 cm³/mol. The number of hydrogen-bond acceptors (Lipinski definition) is 5. The molecule has 0 atom stereocenters. The van der Waals surface area contributed by atoms with E-state index in [1.807, 2.05) is 0 Å². The van der Waals surface area contributed by atoms with Crippen LogP contribution in [0.5, 0.6) is 0 Å². The van der Waals surface area contributed by atoms with E-state index in [0.29, 0.717) is 12.2 Å². The summed E-state index contributed by atoms with van der Waals surface area (Å²) in [6.07, 6.45) is -3.28. The van der Waals surface area contributed by atoms with Gasteiger partial charge in [0.2, 0.25) is 0 Å². The van der Waals surface area contributed by atoms with Crippen molar-refractivity contribution in [2.45, 2.75) is 25.7 Å². The zero-order valence-corrected chi connectivity index (χ0v) is 9.55. The quantitative estimate of drug-likeness (QED) is 0.415. The largest absolute Gasteiger partial charge is 0.364 e. The minimum Gasteiger partial charge on any atom is -0.364 e. The second-order valence-corrected chi connectivity index (χ2v) is 3.47. The van der Waals surface area contributed by atoms with Crippen LogP contribution in [-0.4, -0.2) is 28.9 Å². The number of nitrogens with one attached hydrogen (secondary N) is 2. The number of nitrogen functional groups attached to an aromatic ring is 1. The number of hydrazine groups is 1. The van der Waals surface area contributed by atoms with Gasteiger partial charge in [-0.15, -0.1) is 0 Å². The first-order valence-corrected chi connectivity index (χ1v) is 5.13. The van der Waals surface area contributed by atoms with Gasteiger partial charge in [0.1, 0.15) is 17.5 Å². The number of anilines is 2. The Labute approximate surface area is 101 Å². The lowest BCUT2D eigenvalue weighted by molar-refractivity contribution is -0.117. The monoisotopic (exact) mass is 267 g/mol. The van der Waals surface area contributed by atoms with Crippen LogP contribution in [0.4, 0.5) is 29.2 Å². The highest BCUT2D eigenvalue weighted by molar-refractivity contribution is 5.47. The Bertz CT molecular complexity index is 376. The molecule has 9 heteroatoms. The summed E-state index contributed by atoms with van der Waals surface area (Å²) >= 11 is 0. The minimum atomic E-state index is -4.12. The zero-order chi connectivity index (χ0) is 13.8. The SMILES string of the molecule is CCc1nc(NN)cc(NCC(F)(F)C(F)F)n1. The van der Waals surface area contributed by atoms with Gasteiger partial charge < -0.3 is 10.7 Å². The normalized spacial score (nSPS) is 11.7. The maximum Gasteiger partial charge on any atom is 0.324 e. The molecule has 0 amide bonds. The number of rotatable bonds is 6. The van der Waals surface area contributed by atoms with Gasteiger partial charge in [0.25, 0.3) is 0 Å². The lowest BCUT2D eigenvalue weighted by atomic mass is 10.3. The van der Waals surface area contributed by atoms with Crippen molar-refractivity contribution in [3.05, 3.63) is 11.9 Å². The molecule has 0 saturated heterocycles. The molecule has 1 heterocycles. The van der Waals surface area contributed by atoms with Crippen molar-refractivity contribution in [3.8, 4) is 0 Å². The summed E-state index contributed by atoms with van der Waals surface area (Å²) in [6, 6.07) is 1.25. The summed E-state index contributed by atoms with van der Waals surface area (Å²) in [5, 5.41) is 2.14. The molecule has 0 radical (unpaired) electrons. The number of aromatic nitrogens is 2. The lowest BCUT2D eigenvalue weighted by Crippen LogP contribution is -2.35. The van der Waals surface area contributed by atoms with E-state index in [1.165, 1.54) is 6.07 Å². The Balaban J connectivity index is 2.78. The van der Waals surface area contributed by atoms with Crippen LogP contribution in [0.25, 0.3) is 0 Å². The van der Waals surface area contributed by atoms with Crippen LogP contribution < -0.4 is 16.6 Å². The summed E-state index contributed by atoms with van der Waals surface area (Å²) in [4.78, 5) is 7.79. The second kappa shape index (κ2) is 5.80. The highest BCUT2D eigenvalue weighted by Crippen LogP contribution is 2.23. The smallest absolute Gasteiger partial charge is 0.324 e. The molecule has 0 unspecified atom stereocenters. The fraction of sp³-hybridized carbons (Fsp3) is 0.556. The molecule has 102 valence electrons. The van der Waals surface area contributed by atoms with Gasteiger partial charge in [-0.2, -0.15) is 8.78 Å². The first-order valence-electron chi connectivity index (χ1n) is 5.13. The van der Waals surface area contributed by atoms with E-state index < -0.39 is 18.9 Å². The van der Waals surface area contributed by atoms with Crippen LogP contribution in [-0.2, 0) is 6.42 Å². The molecule has 0 aromatic carbocycles. The van der Waals surface area contributed by atoms with Gasteiger partial charge in [0, 0.05) is 12.5 Å². The average molecular weight is 267 g/mol. The van der Waals surface area contributed by atoms with Crippen LogP contribution in [0.1, 0.15) is 12.7 Å². The molecule has 0 fully saturated rings. The molecule has 0 aliphatic rings. The average Bonchev–Trinajstić information content (AvgIpc) is 2.35. The molecule has 0 saturated carbocycles. The Morgan fingerprint density at radius 3 is 2.44 bits per heavy atom. The predicted octanol–water partition coefficient (Wildman–Crippen LogP) is 1.64. The van der Waals surface area contributed by atoms with Crippen LogP contribution in [0.3, 0.4) is 0 Å². The summed E-state index contributed by atoms with van der Waals surface area (Å²) in [7, 11) is 0. The van der Waals surface area contributed by atoms with Crippen LogP contribution in [0, 0.1) is 0 Å². The van der Waals surface area contributed by atoms with E-state index >= 15 is 0 Å². The number of halogens is 4. The lowest BCUT2D eigenvalue weighted by Gasteiger charge is -2.16. The highest BCUT2D eigenvalue weighted by atomic mass is 19.3. The third-order valence-corrected chi connectivity index (χ3v) is 2.06. The number of hydrogen-bond donors (Lipinski definition) is 3. The van der Waals surface area contributed by atoms with E-state index in [2.05, 4.69) is 20.7 Å². The Hall–Kier alpha value is -1.64. The number of alkyl halides is 4. The van der Waals surface area contributed by atoms with Crippen LogP contribution >= 0.6 is 0 Å². The van der Waals surface area contributed by atoms with Gasteiger partial charge >= 0.3 is 12.3 Å². The maximum atomic E-state index is 12.7. The van der Waals surface area contributed by atoms with Crippen molar-refractivity contribution in [2.75, 3.05) is 17.3 Å². The van der Waals surface area contributed by atoms with Crippen molar-refractivity contribution in [2.24, 2.45) is 5.84 Å². The van der Waals surface area contributed by atoms with Crippen molar-refractivity contribution in [1.29, 1.82) is 0 Å². The molecule has 18 heavy (non-hydrogen) atoms. The summed E-state index contributed by atoms with van der Waals surface area (Å²) in [5.41, 5.74) is 2.24. The van der Waals surface area contributed by atoms with Crippen LogP contribution in [0.15, 0.2) is 6.07 Å². The second-order valence-electron chi connectivity index (χ2n) is 3.47.